The number of anilines is 1. The number of benzene rings is 2. The van der Waals surface area contributed by atoms with Crippen LogP contribution in [0.4, 0.5) is 5.69 Å². The van der Waals surface area contributed by atoms with Gasteiger partial charge in [0.1, 0.15) is 5.75 Å². The molecule has 1 atom stereocenters. The first-order valence-electron chi connectivity index (χ1n) is 7.74. The highest BCUT2D eigenvalue weighted by Gasteiger charge is 2.38. The highest BCUT2D eigenvalue weighted by molar-refractivity contribution is 6.06. The van der Waals surface area contributed by atoms with E-state index in [1.165, 1.54) is 7.11 Å². The van der Waals surface area contributed by atoms with Crippen molar-refractivity contribution in [3.05, 3.63) is 59.7 Å². The number of ether oxygens (including phenoxy) is 2. The number of fused-ring (bicyclic) bond motifs is 1. The molecule has 1 amide bonds. The number of esters is 1. The van der Waals surface area contributed by atoms with E-state index in [0.29, 0.717) is 12.3 Å². The molecule has 0 saturated carbocycles. The normalized spacial score (nSPS) is 16.0. The van der Waals surface area contributed by atoms with Gasteiger partial charge in [-0.25, -0.2) is 0 Å². The van der Waals surface area contributed by atoms with Crippen LogP contribution in [0.3, 0.4) is 0 Å². The second kappa shape index (κ2) is 6.74. The topological polar surface area (TPSA) is 55.8 Å². The number of rotatable bonds is 5. The summed E-state index contributed by atoms with van der Waals surface area (Å²) >= 11 is 0. The van der Waals surface area contributed by atoms with Crippen molar-refractivity contribution in [2.75, 3.05) is 19.1 Å². The lowest BCUT2D eigenvalue weighted by Crippen LogP contribution is -2.29. The van der Waals surface area contributed by atoms with Gasteiger partial charge in [0, 0.05) is 5.69 Å². The van der Waals surface area contributed by atoms with Gasteiger partial charge in [0.15, 0.2) is 0 Å². The molecule has 0 aliphatic carbocycles. The summed E-state index contributed by atoms with van der Waals surface area (Å²) in [6.45, 7) is 0.469. The number of carbonyl (C=O) groups excluding carboxylic acids is 2. The Kier molecular flexibility index (Phi) is 4.51. The maximum atomic E-state index is 12.9. The number of carbonyl (C=O) groups is 2. The molecule has 124 valence electrons. The summed E-state index contributed by atoms with van der Waals surface area (Å²) < 4.78 is 10.0. The summed E-state index contributed by atoms with van der Waals surface area (Å²) in [6, 6.07) is 15.3. The molecule has 0 aromatic heterocycles. The molecule has 0 fully saturated rings. The summed E-state index contributed by atoms with van der Waals surface area (Å²) in [5.74, 6) is -0.361. The van der Waals surface area contributed by atoms with Gasteiger partial charge in [0.2, 0.25) is 5.91 Å². The molecule has 0 spiro atoms. The minimum absolute atomic E-state index is 0.0286. The fraction of sp³-hybridized carbons (Fsp3) is 0.263. The Morgan fingerprint density at radius 1 is 1.12 bits per heavy atom. The largest absolute Gasteiger partial charge is 0.497 e. The van der Waals surface area contributed by atoms with Gasteiger partial charge < -0.3 is 14.4 Å². The molecule has 1 aliphatic heterocycles. The molecule has 2 aromatic rings. The van der Waals surface area contributed by atoms with E-state index in [9.17, 15) is 9.59 Å². The first-order chi connectivity index (χ1) is 11.6. The lowest BCUT2D eigenvalue weighted by atomic mass is 9.97. The van der Waals surface area contributed by atoms with E-state index < -0.39 is 11.9 Å². The molecule has 1 heterocycles. The van der Waals surface area contributed by atoms with Gasteiger partial charge in [-0.15, -0.1) is 0 Å². The summed E-state index contributed by atoms with van der Waals surface area (Å²) in [6.07, 6.45) is 0.0286. The van der Waals surface area contributed by atoms with Crippen LogP contribution in [-0.4, -0.2) is 26.1 Å². The predicted molar refractivity (Wildman–Crippen MR) is 90.0 cm³/mol. The van der Waals surface area contributed by atoms with Gasteiger partial charge >= 0.3 is 5.97 Å². The van der Waals surface area contributed by atoms with Crippen molar-refractivity contribution in [3.8, 4) is 5.75 Å². The van der Waals surface area contributed by atoms with E-state index >= 15 is 0 Å². The zero-order valence-corrected chi connectivity index (χ0v) is 13.7. The van der Waals surface area contributed by atoms with Crippen molar-refractivity contribution >= 4 is 17.6 Å². The third kappa shape index (κ3) is 2.97. The number of hydrogen-bond donors (Lipinski definition) is 0. The SMILES string of the molecule is COC(=O)CC1C(=O)N(Cc2ccccc2)c2ccc(OC)cc21. The van der Waals surface area contributed by atoms with Gasteiger partial charge in [-0.2, -0.15) is 0 Å². The van der Waals surface area contributed by atoms with Crippen LogP contribution in [-0.2, 0) is 20.9 Å². The molecular weight excluding hydrogens is 306 g/mol. The van der Waals surface area contributed by atoms with Crippen LogP contribution in [0.25, 0.3) is 0 Å². The molecule has 3 rings (SSSR count). The quantitative estimate of drug-likeness (QED) is 0.793. The van der Waals surface area contributed by atoms with Crippen molar-refractivity contribution in [1.29, 1.82) is 0 Å². The fourth-order valence-electron chi connectivity index (χ4n) is 3.00. The second-order valence-corrected chi connectivity index (χ2v) is 5.67. The third-order valence-electron chi connectivity index (χ3n) is 4.25. The Morgan fingerprint density at radius 2 is 1.88 bits per heavy atom. The van der Waals surface area contributed by atoms with Crippen LogP contribution >= 0.6 is 0 Å². The van der Waals surface area contributed by atoms with Crippen LogP contribution in [0.1, 0.15) is 23.5 Å². The number of amides is 1. The zero-order chi connectivity index (χ0) is 17.1. The van der Waals surface area contributed by atoms with Gasteiger partial charge in [-0.1, -0.05) is 30.3 Å². The fourth-order valence-corrected chi connectivity index (χ4v) is 3.00. The Morgan fingerprint density at radius 3 is 2.54 bits per heavy atom. The van der Waals surface area contributed by atoms with Gasteiger partial charge in [-0.05, 0) is 29.3 Å². The molecule has 1 unspecified atom stereocenters. The molecule has 5 nitrogen and oxygen atoms in total. The molecule has 5 heteroatoms. The highest BCUT2D eigenvalue weighted by atomic mass is 16.5. The Labute approximate surface area is 140 Å². The first-order valence-corrected chi connectivity index (χ1v) is 7.74. The van der Waals surface area contributed by atoms with Crippen LogP contribution in [0.2, 0.25) is 0 Å². The van der Waals surface area contributed by atoms with E-state index in [4.69, 9.17) is 9.47 Å². The Balaban J connectivity index is 1.97. The van der Waals surface area contributed by atoms with Crippen molar-refractivity contribution in [3.63, 3.8) is 0 Å². The van der Waals surface area contributed by atoms with E-state index in [0.717, 1.165) is 16.8 Å². The van der Waals surface area contributed by atoms with Crippen LogP contribution in [0, 0.1) is 0 Å². The highest BCUT2D eigenvalue weighted by Crippen LogP contribution is 2.42. The van der Waals surface area contributed by atoms with Gasteiger partial charge in [-0.3, -0.25) is 9.59 Å². The number of methoxy groups -OCH3 is 2. The average molecular weight is 325 g/mol. The van der Waals surface area contributed by atoms with Gasteiger partial charge in [0.05, 0.1) is 33.1 Å². The number of hydrogen-bond acceptors (Lipinski definition) is 4. The molecule has 0 saturated heterocycles. The summed E-state index contributed by atoms with van der Waals surface area (Å²) in [5.41, 5.74) is 2.66. The molecule has 0 radical (unpaired) electrons. The van der Waals surface area contributed by atoms with Crippen LogP contribution in [0.15, 0.2) is 48.5 Å². The molecular formula is C19H19NO4. The smallest absolute Gasteiger partial charge is 0.306 e. The molecule has 1 aliphatic rings. The van der Waals surface area contributed by atoms with Crippen molar-refractivity contribution in [1.82, 2.24) is 0 Å². The van der Waals surface area contributed by atoms with Crippen molar-refractivity contribution in [2.45, 2.75) is 18.9 Å². The van der Waals surface area contributed by atoms with Crippen molar-refractivity contribution in [2.24, 2.45) is 0 Å². The summed E-state index contributed by atoms with van der Waals surface area (Å²) in [7, 11) is 2.91. The maximum Gasteiger partial charge on any atom is 0.306 e. The van der Waals surface area contributed by atoms with Crippen LogP contribution in [0.5, 0.6) is 5.75 Å². The lowest BCUT2D eigenvalue weighted by Gasteiger charge is -2.18. The standard InChI is InChI=1S/C19H19NO4/c1-23-14-8-9-17-15(10-14)16(11-18(21)24-2)19(22)20(17)12-13-6-4-3-5-7-13/h3-10,16H,11-12H2,1-2H3. The molecule has 24 heavy (non-hydrogen) atoms. The molecule has 0 bridgehead atoms. The minimum Gasteiger partial charge on any atom is -0.497 e. The third-order valence-corrected chi connectivity index (χ3v) is 4.25. The van der Waals surface area contributed by atoms with E-state index in [1.807, 2.05) is 48.5 Å². The Bertz CT molecular complexity index is 757. The molecule has 0 N–H and O–H groups in total. The van der Waals surface area contributed by atoms with Crippen LogP contribution < -0.4 is 9.64 Å². The van der Waals surface area contributed by atoms with E-state index in [1.54, 1.807) is 12.0 Å². The lowest BCUT2D eigenvalue weighted by molar-refractivity contribution is -0.142. The van der Waals surface area contributed by atoms with E-state index in [-0.39, 0.29) is 12.3 Å². The maximum absolute atomic E-state index is 12.9. The number of nitrogens with zero attached hydrogens (tertiary/aromatic N) is 1. The van der Waals surface area contributed by atoms with Gasteiger partial charge in [0.25, 0.3) is 0 Å². The predicted octanol–water partition coefficient (Wildman–Crippen LogP) is 2.89. The average Bonchev–Trinajstić information content (AvgIpc) is 2.87. The molecule has 2 aromatic carbocycles. The summed E-state index contributed by atoms with van der Waals surface area (Å²) in [5, 5.41) is 0. The Hall–Kier alpha value is -2.82. The zero-order valence-electron chi connectivity index (χ0n) is 13.7. The minimum atomic E-state index is -0.536. The van der Waals surface area contributed by atoms with E-state index in [2.05, 4.69) is 0 Å². The first kappa shape index (κ1) is 16.1. The summed E-state index contributed by atoms with van der Waals surface area (Å²) in [4.78, 5) is 26.3. The van der Waals surface area contributed by atoms with Crippen molar-refractivity contribution < 1.29 is 19.1 Å². The second-order valence-electron chi connectivity index (χ2n) is 5.67. The monoisotopic (exact) mass is 325 g/mol.